The first-order valence-corrected chi connectivity index (χ1v) is 3.29. The summed E-state index contributed by atoms with van der Waals surface area (Å²) < 4.78 is 9.06. The second kappa shape index (κ2) is 5.05. The van der Waals surface area contributed by atoms with E-state index in [0.717, 1.165) is 0 Å². The van der Waals surface area contributed by atoms with E-state index in [1.165, 1.54) is 6.26 Å². The van der Waals surface area contributed by atoms with Crippen molar-refractivity contribution in [1.29, 1.82) is 0 Å². The van der Waals surface area contributed by atoms with Gasteiger partial charge in [0.25, 0.3) is 0 Å². The second-order valence-electron chi connectivity index (χ2n) is 1.64. The van der Waals surface area contributed by atoms with Crippen LogP contribution in [0.3, 0.4) is 0 Å². The average Bonchev–Trinajstić information content (AvgIpc) is 1.89. The molecule has 0 rings (SSSR count). The van der Waals surface area contributed by atoms with E-state index in [0.29, 0.717) is 12.2 Å². The fourth-order valence-electron chi connectivity index (χ4n) is 0.381. The molecule has 0 amide bonds. The fourth-order valence-corrected chi connectivity index (χ4v) is 0.558. The first-order valence-electron chi connectivity index (χ1n) is 2.88. The maximum absolute atomic E-state index is 10.7. The molecule has 0 fully saturated rings. The third-order valence-electron chi connectivity index (χ3n) is 0.833. The van der Waals surface area contributed by atoms with Gasteiger partial charge in [0.1, 0.15) is 0 Å². The fraction of sp³-hybridized carbons (Fsp3) is 0.500. The largest absolute Gasteiger partial charge is 0.545 e. The summed E-state index contributed by atoms with van der Waals surface area (Å²) in [7, 11) is 2.73. The molecule has 0 saturated heterocycles. The molecule has 0 bridgehead atoms. The van der Waals surface area contributed by atoms with Crippen LogP contribution >= 0.6 is 0 Å². The van der Waals surface area contributed by atoms with E-state index in [1.807, 2.05) is 0 Å². The molecule has 0 aromatic rings. The Morgan fingerprint density at radius 2 is 2.30 bits per heavy atom. The topological polar surface area (TPSA) is 35.5 Å². The third-order valence-corrected chi connectivity index (χ3v) is 0.951. The summed E-state index contributed by atoms with van der Waals surface area (Å²) in [5, 5.41) is 0. The Hall–Kier alpha value is -0.773. The molecule has 0 aromatic carbocycles. The molecular weight excluding hydrogens is 148 g/mol. The molecule has 0 aliphatic rings. The first-order chi connectivity index (χ1) is 4.72. The van der Waals surface area contributed by atoms with Crippen molar-refractivity contribution < 1.29 is 14.0 Å². The molecule has 0 unspecified atom stereocenters. The van der Waals surface area contributed by atoms with Crippen LogP contribution in [-0.4, -0.2) is 23.1 Å². The van der Waals surface area contributed by atoms with Gasteiger partial charge in [0, 0.05) is 0 Å². The molecule has 10 heavy (non-hydrogen) atoms. The van der Waals surface area contributed by atoms with E-state index in [2.05, 4.69) is 19.6 Å². The van der Waals surface area contributed by atoms with Crippen LogP contribution in [0.4, 0.5) is 0 Å². The van der Waals surface area contributed by atoms with E-state index in [4.69, 9.17) is 0 Å². The zero-order valence-electron chi connectivity index (χ0n) is 6.01. The molecule has 3 nitrogen and oxygen atoms in total. The Labute approximate surface area is 63.6 Å². The molecule has 55 valence electrons. The lowest BCUT2D eigenvalue weighted by atomic mass is 10.3. The van der Waals surface area contributed by atoms with Crippen LogP contribution in [0.5, 0.6) is 0 Å². The smallest absolute Gasteiger partial charge is 0.340 e. The molecule has 4 heteroatoms. The maximum atomic E-state index is 10.7. The molecule has 0 aliphatic heterocycles. The van der Waals surface area contributed by atoms with Crippen LogP contribution in [0.2, 0.25) is 0 Å². The highest BCUT2D eigenvalue weighted by Crippen LogP contribution is 1.95. The molecule has 3 radical (unpaired) electrons. The molecular formula is C6H9O3Si. The number of hydrogen-bond acceptors (Lipinski definition) is 3. The molecule has 0 heterocycles. The molecule has 0 saturated carbocycles. The van der Waals surface area contributed by atoms with Crippen LogP contribution in [0.15, 0.2) is 11.8 Å². The van der Waals surface area contributed by atoms with Gasteiger partial charge in [0.15, 0.2) is 0 Å². The first kappa shape index (κ1) is 9.23. The van der Waals surface area contributed by atoms with E-state index in [1.54, 1.807) is 13.8 Å². The van der Waals surface area contributed by atoms with Gasteiger partial charge in [0.05, 0.1) is 18.4 Å². The number of carbonyl (C=O) groups excluding carboxylic acids is 1. The lowest BCUT2D eigenvalue weighted by Crippen LogP contribution is -2.05. The number of carbonyl (C=O) groups is 1. The molecule has 0 aliphatic carbocycles. The summed E-state index contributed by atoms with van der Waals surface area (Å²) in [6.45, 7) is 3.74. The summed E-state index contributed by atoms with van der Waals surface area (Å²) in [5.74, 6) is -0.360. The normalized spacial score (nSPS) is 10.9. The third kappa shape index (κ3) is 3.29. The minimum atomic E-state index is -0.360. The Morgan fingerprint density at radius 3 is 2.70 bits per heavy atom. The van der Waals surface area contributed by atoms with E-state index in [-0.39, 0.29) is 5.97 Å². The van der Waals surface area contributed by atoms with Crippen LogP contribution in [0.1, 0.15) is 13.8 Å². The standard InChI is InChI=1S/C6H9O3Si/c1-3-8-6(7)5(2)4-9-10/h4H,3H2,1-2H3. The predicted octanol–water partition coefficient (Wildman–Crippen LogP) is 0.553. The van der Waals surface area contributed by atoms with Gasteiger partial charge in [-0.05, 0) is 13.8 Å². The van der Waals surface area contributed by atoms with Crippen molar-refractivity contribution in [3.8, 4) is 0 Å². The second-order valence-corrected chi connectivity index (χ2v) is 1.87. The van der Waals surface area contributed by atoms with Gasteiger partial charge in [-0.3, -0.25) is 0 Å². The SMILES string of the molecule is CCOC(=O)C(C)=CO[Si]. The summed E-state index contributed by atoms with van der Waals surface area (Å²) in [6, 6.07) is 0. The minimum absolute atomic E-state index is 0.360. The lowest BCUT2D eigenvalue weighted by Gasteiger charge is -1.99. The van der Waals surface area contributed by atoms with Gasteiger partial charge in [-0.25, -0.2) is 4.79 Å². The number of rotatable bonds is 3. The van der Waals surface area contributed by atoms with Gasteiger partial charge in [-0.1, -0.05) is 0 Å². The van der Waals surface area contributed by atoms with Crippen molar-refractivity contribution >= 4 is 16.5 Å². The molecule has 0 atom stereocenters. The lowest BCUT2D eigenvalue weighted by molar-refractivity contribution is -0.138. The highest BCUT2D eigenvalue weighted by atomic mass is 28.2. The summed E-state index contributed by atoms with van der Waals surface area (Å²) >= 11 is 0. The van der Waals surface area contributed by atoms with Crippen molar-refractivity contribution in [3.05, 3.63) is 11.8 Å². The van der Waals surface area contributed by atoms with Crippen LogP contribution < -0.4 is 0 Å². The quantitative estimate of drug-likeness (QED) is 0.260. The average molecular weight is 157 g/mol. The molecule has 0 N–H and O–H groups in total. The van der Waals surface area contributed by atoms with Crippen molar-refractivity contribution in [2.45, 2.75) is 13.8 Å². The van der Waals surface area contributed by atoms with Crippen LogP contribution in [0, 0.1) is 0 Å². The maximum Gasteiger partial charge on any atom is 0.340 e. The van der Waals surface area contributed by atoms with Crippen LogP contribution in [0.25, 0.3) is 0 Å². The zero-order valence-corrected chi connectivity index (χ0v) is 7.01. The summed E-state index contributed by atoms with van der Waals surface area (Å²) in [5.41, 5.74) is 0.428. The van der Waals surface area contributed by atoms with Gasteiger partial charge < -0.3 is 9.16 Å². The number of ether oxygens (including phenoxy) is 1. The summed E-state index contributed by atoms with van der Waals surface area (Å²) in [6.07, 6.45) is 1.27. The Morgan fingerprint density at radius 1 is 1.70 bits per heavy atom. The van der Waals surface area contributed by atoms with Crippen molar-refractivity contribution in [2.75, 3.05) is 6.61 Å². The number of esters is 1. The monoisotopic (exact) mass is 157 g/mol. The Kier molecular flexibility index (Phi) is 4.66. The van der Waals surface area contributed by atoms with Gasteiger partial charge in [-0.15, -0.1) is 0 Å². The van der Waals surface area contributed by atoms with Crippen molar-refractivity contribution in [1.82, 2.24) is 0 Å². The van der Waals surface area contributed by atoms with Crippen molar-refractivity contribution in [3.63, 3.8) is 0 Å². The van der Waals surface area contributed by atoms with Gasteiger partial charge in [0.2, 0.25) is 0 Å². The van der Waals surface area contributed by atoms with E-state index >= 15 is 0 Å². The van der Waals surface area contributed by atoms with Crippen LogP contribution in [-0.2, 0) is 14.0 Å². The Balaban J connectivity index is 3.82. The molecule has 0 aromatic heterocycles. The number of hydrogen-bond donors (Lipinski definition) is 0. The summed E-state index contributed by atoms with van der Waals surface area (Å²) in [4.78, 5) is 10.7. The highest BCUT2D eigenvalue weighted by molar-refractivity contribution is 5.99. The van der Waals surface area contributed by atoms with Gasteiger partial charge in [-0.2, -0.15) is 0 Å². The Bertz CT molecular complexity index is 142. The predicted molar refractivity (Wildman–Crippen MR) is 37.2 cm³/mol. The van der Waals surface area contributed by atoms with Gasteiger partial charge >= 0.3 is 16.5 Å². The minimum Gasteiger partial charge on any atom is -0.545 e. The molecule has 0 spiro atoms. The highest BCUT2D eigenvalue weighted by Gasteiger charge is 2.02. The van der Waals surface area contributed by atoms with E-state index in [9.17, 15) is 4.79 Å². The van der Waals surface area contributed by atoms with Crippen molar-refractivity contribution in [2.24, 2.45) is 0 Å². The van der Waals surface area contributed by atoms with E-state index < -0.39 is 0 Å². The zero-order chi connectivity index (χ0) is 7.98.